The lowest BCUT2D eigenvalue weighted by molar-refractivity contribution is -0.118. The highest BCUT2D eigenvalue weighted by Crippen LogP contribution is 2.50. The number of aromatic nitrogens is 3. The molecular formula is C22H29FN4O6PS+. The zero-order valence-corrected chi connectivity index (χ0v) is 21.9. The molecule has 13 heteroatoms. The van der Waals surface area contributed by atoms with Crippen molar-refractivity contribution < 1.29 is 32.6 Å². The van der Waals surface area contributed by atoms with Gasteiger partial charge in [0.15, 0.2) is 10.8 Å². The Morgan fingerprint density at radius 1 is 1.46 bits per heavy atom. The number of carbonyl (C=O) groups is 1. The van der Waals surface area contributed by atoms with Crippen LogP contribution in [-0.2, 0) is 28.7 Å². The monoisotopic (exact) mass is 527 g/mol. The molecule has 0 saturated carbocycles. The minimum atomic E-state index is -2.62. The van der Waals surface area contributed by atoms with Crippen LogP contribution in [0.5, 0.6) is 0 Å². The number of aliphatic hydroxyl groups is 1. The lowest BCUT2D eigenvalue weighted by Gasteiger charge is -2.30. The first-order valence-corrected chi connectivity index (χ1v) is 13.2. The molecule has 2 aromatic rings. The van der Waals surface area contributed by atoms with Crippen LogP contribution in [0.1, 0.15) is 45.5 Å². The maximum absolute atomic E-state index is 15.9. The highest BCUT2D eigenvalue weighted by molar-refractivity contribution is 8.13. The van der Waals surface area contributed by atoms with Crippen LogP contribution < -0.4 is 0 Å². The van der Waals surface area contributed by atoms with Gasteiger partial charge in [0, 0.05) is 15.7 Å². The van der Waals surface area contributed by atoms with Crippen LogP contribution in [0.2, 0.25) is 0 Å². The Hall–Kier alpha value is -2.00. The van der Waals surface area contributed by atoms with Crippen LogP contribution in [0.3, 0.4) is 0 Å². The van der Waals surface area contributed by atoms with E-state index in [0.717, 1.165) is 18.7 Å². The van der Waals surface area contributed by atoms with E-state index >= 15 is 4.39 Å². The molecule has 0 radical (unpaired) electrons. The Bertz CT molecular complexity index is 1150. The summed E-state index contributed by atoms with van der Waals surface area (Å²) in [6, 6.07) is 5.00. The van der Waals surface area contributed by atoms with Gasteiger partial charge in [0.1, 0.15) is 37.8 Å². The summed E-state index contributed by atoms with van der Waals surface area (Å²) >= 11 is 1.09. The molecule has 1 aliphatic rings. The van der Waals surface area contributed by atoms with Crippen LogP contribution in [0.15, 0.2) is 18.5 Å². The van der Waals surface area contributed by atoms with Crippen LogP contribution in [0.25, 0.3) is 5.52 Å². The standard InChI is InChI=1S/C22H29FN4O6PS/c1-6-20(3,4)19(29)35-10-9-31-34(30)32-11-16-18(28)21(5,23)22(12-24,33-16)17-8-7-15-14(2)25-13-26-27(15)17/h7-8,13,16,18,28H,6,9-11H2,1-5H3/q+1/t16-,18-,21-,22+/m1/s1. The van der Waals surface area contributed by atoms with Gasteiger partial charge >= 0.3 is 8.25 Å². The third kappa shape index (κ3) is 5.12. The number of hydrogen-bond acceptors (Lipinski definition) is 10. The topological polar surface area (TPSA) is 136 Å². The van der Waals surface area contributed by atoms with Gasteiger partial charge in [-0.2, -0.15) is 10.4 Å². The van der Waals surface area contributed by atoms with Crippen LogP contribution in [-0.4, -0.2) is 61.7 Å². The number of thioether (sulfide) groups is 1. The molecule has 10 nitrogen and oxygen atoms in total. The fraction of sp³-hybridized carbons (Fsp3) is 0.636. The molecule has 1 aliphatic heterocycles. The molecule has 3 heterocycles. The van der Waals surface area contributed by atoms with E-state index in [9.17, 15) is 19.7 Å². The second kappa shape index (κ2) is 10.5. The first kappa shape index (κ1) is 27.6. The Labute approximate surface area is 208 Å². The minimum absolute atomic E-state index is 0.00234. The molecule has 1 unspecified atom stereocenters. The molecule has 1 saturated heterocycles. The maximum atomic E-state index is 15.9. The second-order valence-electron chi connectivity index (χ2n) is 9.06. The van der Waals surface area contributed by atoms with Crippen molar-refractivity contribution in [3.05, 3.63) is 29.8 Å². The molecule has 0 bridgehead atoms. The van der Waals surface area contributed by atoms with Crippen molar-refractivity contribution in [1.82, 2.24) is 14.6 Å². The second-order valence-corrected chi connectivity index (χ2v) is 11.1. The summed E-state index contributed by atoms with van der Waals surface area (Å²) in [4.78, 5) is 16.2. The molecule has 0 aliphatic carbocycles. The molecule has 0 aromatic carbocycles. The smallest absolute Gasteiger partial charge is 0.387 e. The number of fused-ring (bicyclic) bond motifs is 1. The maximum Gasteiger partial charge on any atom is 0.697 e. The minimum Gasteiger partial charge on any atom is -0.387 e. The van der Waals surface area contributed by atoms with Gasteiger partial charge in [-0.05, 0) is 32.4 Å². The summed E-state index contributed by atoms with van der Waals surface area (Å²) in [6.07, 6.45) is -1.09. The van der Waals surface area contributed by atoms with E-state index in [-0.39, 0.29) is 23.2 Å². The normalized spacial score (nSPS) is 27.2. The molecule has 1 fully saturated rings. The van der Waals surface area contributed by atoms with Gasteiger partial charge in [-0.1, -0.05) is 32.5 Å². The van der Waals surface area contributed by atoms with Gasteiger partial charge in [-0.25, -0.2) is 13.9 Å². The third-order valence-corrected chi connectivity index (χ3v) is 8.32. The Kier molecular flexibility index (Phi) is 8.31. The van der Waals surface area contributed by atoms with E-state index in [4.69, 9.17) is 13.8 Å². The average Bonchev–Trinajstić information content (AvgIpc) is 3.34. The first-order valence-electron chi connectivity index (χ1n) is 11.1. The van der Waals surface area contributed by atoms with Crippen molar-refractivity contribution in [2.24, 2.45) is 5.41 Å². The van der Waals surface area contributed by atoms with Gasteiger partial charge in [0.05, 0.1) is 16.9 Å². The highest BCUT2D eigenvalue weighted by Gasteiger charge is 2.67. The molecule has 2 aromatic heterocycles. The van der Waals surface area contributed by atoms with Crippen LogP contribution >= 0.6 is 20.0 Å². The number of nitrogens with zero attached hydrogens (tertiary/aromatic N) is 4. The highest BCUT2D eigenvalue weighted by atomic mass is 32.2. The average molecular weight is 528 g/mol. The van der Waals surface area contributed by atoms with Crippen molar-refractivity contribution in [3.8, 4) is 6.07 Å². The molecule has 190 valence electrons. The van der Waals surface area contributed by atoms with Crippen molar-refractivity contribution in [2.45, 2.75) is 64.5 Å². The summed E-state index contributed by atoms with van der Waals surface area (Å²) in [5, 5.41) is 24.8. The number of aliphatic hydroxyl groups excluding tert-OH is 1. The van der Waals surface area contributed by atoms with E-state index in [0.29, 0.717) is 17.6 Å². The molecule has 35 heavy (non-hydrogen) atoms. The Morgan fingerprint density at radius 2 is 2.17 bits per heavy atom. The largest absolute Gasteiger partial charge is 0.697 e. The summed E-state index contributed by atoms with van der Waals surface area (Å²) in [5.41, 5.74) is -3.94. The fourth-order valence-corrected chi connectivity index (χ4v) is 5.27. The van der Waals surface area contributed by atoms with Gasteiger partial charge < -0.3 is 9.84 Å². The van der Waals surface area contributed by atoms with E-state index in [2.05, 4.69) is 10.1 Å². The Balaban J connectivity index is 1.64. The summed E-state index contributed by atoms with van der Waals surface area (Å²) in [5.74, 6) is 0.290. The van der Waals surface area contributed by atoms with Gasteiger partial charge in [0.2, 0.25) is 5.60 Å². The summed E-state index contributed by atoms with van der Waals surface area (Å²) in [6.45, 7) is 7.95. The zero-order chi connectivity index (χ0) is 26.0. The van der Waals surface area contributed by atoms with Crippen molar-refractivity contribution in [1.29, 1.82) is 5.26 Å². The number of ether oxygens (including phenoxy) is 1. The van der Waals surface area contributed by atoms with E-state index in [1.807, 2.05) is 26.8 Å². The fourth-order valence-electron chi connectivity index (χ4n) is 3.67. The number of aryl methyl sites for hydroxylation is 1. The first-order chi connectivity index (χ1) is 16.4. The molecular weight excluding hydrogens is 498 g/mol. The quantitative estimate of drug-likeness (QED) is 0.360. The lowest BCUT2D eigenvalue weighted by Crippen LogP contribution is -2.48. The van der Waals surface area contributed by atoms with E-state index in [1.54, 1.807) is 13.0 Å². The number of rotatable bonds is 10. The summed E-state index contributed by atoms with van der Waals surface area (Å²) < 4.78 is 45.4. The SMILES string of the molecule is CCC(C)(C)C(=O)SCCO[P+](=O)OC[C@H]1O[C@@](C#N)(c2ccc3c(C)ncnn23)[C@](C)(F)[C@@H]1O. The van der Waals surface area contributed by atoms with Crippen molar-refractivity contribution in [2.75, 3.05) is 19.0 Å². The Morgan fingerprint density at radius 3 is 2.83 bits per heavy atom. The van der Waals surface area contributed by atoms with Crippen molar-refractivity contribution in [3.63, 3.8) is 0 Å². The molecule has 1 N–H and O–H groups in total. The number of carbonyl (C=O) groups excluding carboxylic acids is 1. The molecule has 3 rings (SSSR count). The molecule has 5 atom stereocenters. The number of halogens is 1. The van der Waals surface area contributed by atoms with Crippen LogP contribution in [0, 0.1) is 23.7 Å². The van der Waals surface area contributed by atoms with E-state index < -0.39 is 43.8 Å². The number of alkyl halides is 1. The van der Waals surface area contributed by atoms with Gasteiger partial charge in [-0.3, -0.25) is 4.79 Å². The lowest BCUT2D eigenvalue weighted by atomic mass is 9.82. The zero-order valence-electron chi connectivity index (χ0n) is 20.2. The number of nitriles is 1. The van der Waals surface area contributed by atoms with Gasteiger partial charge in [0.25, 0.3) is 0 Å². The van der Waals surface area contributed by atoms with E-state index in [1.165, 1.54) is 16.9 Å². The molecule has 0 amide bonds. The number of hydrogen-bond donors (Lipinski definition) is 1. The molecule has 0 spiro atoms. The summed E-state index contributed by atoms with van der Waals surface area (Å²) in [7, 11) is -2.62. The third-order valence-electron chi connectivity index (χ3n) is 6.38. The predicted molar refractivity (Wildman–Crippen MR) is 126 cm³/mol. The van der Waals surface area contributed by atoms with Gasteiger partial charge in [-0.15, -0.1) is 9.05 Å². The predicted octanol–water partition coefficient (Wildman–Crippen LogP) is 3.63. The van der Waals surface area contributed by atoms with Crippen molar-refractivity contribution >= 4 is 30.6 Å². The van der Waals surface area contributed by atoms with Crippen LogP contribution in [0.4, 0.5) is 4.39 Å².